The Morgan fingerprint density at radius 3 is 1.41 bits per heavy atom. The van der Waals surface area contributed by atoms with Crippen LogP contribution in [0.1, 0.15) is 171 Å². The van der Waals surface area contributed by atoms with E-state index in [9.17, 15) is 35.4 Å². The van der Waals surface area contributed by atoms with E-state index in [2.05, 4.69) is 109 Å². The van der Waals surface area contributed by atoms with Crippen LogP contribution in [0.25, 0.3) is 0 Å². The lowest BCUT2D eigenvalue weighted by molar-refractivity contribution is -0.138. The number of hydrogen-bond acceptors (Lipinski definition) is 33. The van der Waals surface area contributed by atoms with Crippen molar-refractivity contribution in [1.29, 1.82) is 0 Å². The SMILES string of the molecule is C1CN=C2CCCN2C1.C1CN=C2NCCCN2C1.CC(N)C(=O)O.CC(O)CN(CCN(CC(C)O)CC(C)O)CC(C)O.CC1(C)CC(O)CC(C)(C)N1.CN(C)CC(O)CO.CNCC(O)C(O)C(O)C(O)CO.NC(CCCO)(CCCO)CCCO.OC1CCCNC1.OCCN1CC1.c1ccc(N2CCCC2)cc1. The molecule has 34 nitrogen and oxygen atoms in total. The summed E-state index contributed by atoms with van der Waals surface area (Å²) in [4.78, 5) is 33.6. The van der Waals surface area contributed by atoms with Crippen molar-refractivity contribution < 1.29 is 96.7 Å². The average Bonchev–Trinajstić information content (AvgIpc) is 1.09. The highest BCUT2D eigenvalue weighted by Crippen LogP contribution is 2.28. The van der Waals surface area contributed by atoms with Gasteiger partial charge in [-0.05, 0) is 205 Å². The fourth-order valence-electron chi connectivity index (χ4n) is 13.6. The number of amidine groups is 1. The maximum atomic E-state index is 9.57. The van der Waals surface area contributed by atoms with E-state index in [1.54, 1.807) is 34.7 Å². The van der Waals surface area contributed by atoms with Gasteiger partial charge < -0.3 is 144 Å². The number of piperidine rings is 2. The third-order valence-corrected chi connectivity index (χ3v) is 19.0. The fourth-order valence-corrected chi connectivity index (χ4v) is 13.6. The molecule has 6 saturated heterocycles. The van der Waals surface area contributed by atoms with Crippen LogP contribution in [-0.4, -0.2) is 434 Å². The Labute approximate surface area is 690 Å². The fraction of sp³-hybridized carbons (Fsp3) is 0.889. The summed E-state index contributed by atoms with van der Waals surface area (Å²) in [5.41, 5.74) is 12.2. The van der Waals surface area contributed by atoms with Crippen molar-refractivity contribution in [3.8, 4) is 0 Å². The molecule has 0 aliphatic carbocycles. The molecule has 9 rings (SSSR count). The lowest BCUT2D eigenvalue weighted by atomic mass is 9.81. The predicted octanol–water partition coefficient (Wildman–Crippen LogP) is -2.40. The second-order valence-electron chi connectivity index (χ2n) is 33.0. The van der Waals surface area contributed by atoms with Gasteiger partial charge in [0.25, 0.3) is 0 Å². The largest absolute Gasteiger partial charge is 0.480 e. The van der Waals surface area contributed by atoms with E-state index in [1.807, 2.05) is 28.8 Å². The smallest absolute Gasteiger partial charge is 0.320 e. The second kappa shape index (κ2) is 67.8. The lowest BCUT2D eigenvalue weighted by Gasteiger charge is -2.44. The number of nitrogens with zero attached hydrogens (tertiary/aromatic N) is 9. The molecule has 8 aliphatic rings. The molecular weight excluding hydrogens is 1490 g/mol. The van der Waals surface area contributed by atoms with Gasteiger partial charge in [0.15, 0.2) is 5.96 Å². The number of aliphatic imine (C=N–C) groups is 2. The summed E-state index contributed by atoms with van der Waals surface area (Å²) in [5, 5.41) is 173. The van der Waals surface area contributed by atoms with Crippen molar-refractivity contribution in [2.75, 3.05) is 210 Å². The number of likely N-dealkylation sites (N-methyl/N-ethyl adjacent to an activating group) is 2. The van der Waals surface area contributed by atoms with Crippen LogP contribution in [0.5, 0.6) is 0 Å². The molecule has 1 aromatic carbocycles. The zero-order valence-corrected chi connectivity index (χ0v) is 72.8. The Kier molecular flexibility index (Phi) is 66.8. The number of aliphatic hydroxyl groups is 17. The first-order valence-corrected chi connectivity index (χ1v) is 42.3. The summed E-state index contributed by atoms with van der Waals surface area (Å²) < 4.78 is 0. The van der Waals surface area contributed by atoms with Crippen molar-refractivity contribution in [3.05, 3.63) is 30.3 Å². The van der Waals surface area contributed by atoms with E-state index in [-0.39, 0.29) is 61.8 Å². The summed E-state index contributed by atoms with van der Waals surface area (Å²) in [6.45, 7) is 36.5. The molecule has 0 radical (unpaired) electrons. The molecule has 1 aromatic rings. The Bertz CT molecular complexity index is 2400. The first-order valence-electron chi connectivity index (χ1n) is 42.3. The van der Waals surface area contributed by atoms with E-state index >= 15 is 0 Å². The average molecular weight is 1660 g/mol. The van der Waals surface area contributed by atoms with Crippen LogP contribution in [0, 0.1) is 0 Å². The molecule has 0 bridgehead atoms. The number of rotatable bonds is 33. The minimum atomic E-state index is -1.55. The number of hydrogen-bond donors (Lipinski definition) is 24. The van der Waals surface area contributed by atoms with Gasteiger partial charge in [0.2, 0.25) is 0 Å². The summed E-state index contributed by atoms with van der Waals surface area (Å²) >= 11 is 0. The lowest BCUT2D eigenvalue weighted by Crippen LogP contribution is -2.59. The van der Waals surface area contributed by atoms with Crippen molar-refractivity contribution in [2.24, 2.45) is 21.5 Å². The predicted molar refractivity (Wildman–Crippen MR) is 458 cm³/mol. The minimum absolute atomic E-state index is 0.0752. The number of para-hydroxylation sites is 1. The molecule has 0 amide bonds. The van der Waals surface area contributed by atoms with E-state index in [0.717, 1.165) is 90.2 Å². The summed E-state index contributed by atoms with van der Waals surface area (Å²) in [6, 6.07) is 9.92. The monoisotopic (exact) mass is 1660 g/mol. The number of β-amino-alcohol motifs (C(OH)–C–C–N with tert-alkyl or cyclic N) is 2. The Balaban J connectivity index is 0. The molecule has 8 aliphatic heterocycles. The second-order valence-corrected chi connectivity index (χ2v) is 33.0. The number of carboxylic acid groups (broad SMARTS) is 1. The molecule has 682 valence electrons. The van der Waals surface area contributed by atoms with E-state index in [1.165, 1.54) is 116 Å². The standard InChI is InChI=1S/C14H32N2O4.C10H23NO3.C10H13N.C9H19NO.C7H13N3.C7H12N2.C7H17NO5.C5H13NO2.C5H11NO.C4H9NO.C3H7NO2/c1-11(17)7-15(8-12(2)18)5-6-16(9-13(3)19)10-14(4)20;11-10(4-1-7-12,5-2-8-13)6-3-9-14;1-2-6-10(7-3-1)11-8-4-5-9-11;1-8(2)5-7(11)6-9(3,4)10-8;1-3-8-7-9-4-2-6-10(7)5-1;1-3-7-8-4-2-6-9(7)5-1;1-8-2-4(10)6(12)7(13)5(11)3-9;1-6(2)3-5(8)4-7;7-5-2-1-3-6-4-5;6-4-3-5-1-2-5;1-2(4)3(5)6/h11-14,17-20H,5-10H2,1-4H3;12-14H,1-9,11H2;1-3,6-7H,4-5,8-9H2;7,10-11H,5-6H2,1-4H3;1-6H2,(H,8,9);1-6H2;4-13H,2-3H2,1H3;5,7-8H,3-4H2,1-2H3;5-7H,1-4H2;6H,1-4H2;2H,4H2,1H3,(H,5,6). The number of carboxylic acids is 1. The Hall–Kier alpha value is -3.81. The van der Waals surface area contributed by atoms with Crippen molar-refractivity contribution in [1.82, 2.24) is 50.7 Å². The maximum Gasteiger partial charge on any atom is 0.320 e. The van der Waals surface area contributed by atoms with Gasteiger partial charge in [-0.3, -0.25) is 29.5 Å². The first-order chi connectivity index (χ1) is 54.3. The molecule has 34 heteroatoms. The molecule has 8 heterocycles. The van der Waals surface area contributed by atoms with Gasteiger partial charge in [-0.2, -0.15) is 0 Å². The van der Waals surface area contributed by atoms with Gasteiger partial charge in [0.1, 0.15) is 24.4 Å². The van der Waals surface area contributed by atoms with Crippen LogP contribution in [0.3, 0.4) is 0 Å². The number of carbonyl (C=O) groups is 1. The van der Waals surface area contributed by atoms with Gasteiger partial charge in [-0.1, -0.05) is 18.2 Å². The number of aliphatic hydroxyl groups excluding tert-OH is 17. The van der Waals surface area contributed by atoms with Gasteiger partial charge in [0, 0.05) is 186 Å². The molecule has 0 saturated carbocycles. The zero-order chi connectivity index (χ0) is 87.4. The van der Waals surface area contributed by atoms with Gasteiger partial charge in [-0.15, -0.1) is 0 Å². The zero-order valence-electron chi connectivity index (χ0n) is 72.8. The molecule has 115 heavy (non-hydrogen) atoms. The third-order valence-electron chi connectivity index (χ3n) is 19.0. The molecule has 11 atom stereocenters. The van der Waals surface area contributed by atoms with Crippen molar-refractivity contribution in [2.45, 2.75) is 261 Å². The molecule has 26 N–H and O–H groups in total. The molecule has 6 fully saturated rings. The molecule has 0 aromatic heterocycles. The van der Waals surface area contributed by atoms with E-state index < -0.39 is 73.6 Å². The number of anilines is 1. The Morgan fingerprint density at radius 1 is 0.591 bits per heavy atom. The topological polar surface area (TPSA) is 529 Å². The minimum Gasteiger partial charge on any atom is -0.480 e. The quantitative estimate of drug-likeness (QED) is 0.0326. The van der Waals surface area contributed by atoms with Crippen LogP contribution in [0.2, 0.25) is 0 Å². The van der Waals surface area contributed by atoms with E-state index in [0.29, 0.717) is 71.7 Å². The molecule has 11 unspecified atom stereocenters. The number of nitrogens with one attached hydrogen (secondary N) is 4. The van der Waals surface area contributed by atoms with Crippen LogP contribution in [-0.2, 0) is 4.79 Å². The maximum absolute atomic E-state index is 9.57. The van der Waals surface area contributed by atoms with Crippen LogP contribution in [0.15, 0.2) is 40.3 Å². The first kappa shape index (κ1) is 113. The summed E-state index contributed by atoms with van der Waals surface area (Å²) in [7, 11) is 5.27. The van der Waals surface area contributed by atoms with Crippen molar-refractivity contribution >= 4 is 23.5 Å². The number of guanidine groups is 1. The molecular formula is C81H169N15O19. The Morgan fingerprint density at radius 2 is 1.05 bits per heavy atom. The van der Waals surface area contributed by atoms with Crippen LogP contribution >= 0.6 is 0 Å². The van der Waals surface area contributed by atoms with E-state index in [4.69, 9.17) is 72.7 Å². The number of aliphatic carboxylic acids is 1. The highest BCUT2D eigenvalue weighted by atomic mass is 16.4. The summed E-state index contributed by atoms with van der Waals surface area (Å²) in [6.07, 6.45) is 8.94. The normalized spacial score (nSPS) is 20.6. The molecule has 0 spiro atoms. The van der Waals surface area contributed by atoms with Gasteiger partial charge in [0.05, 0.1) is 74.5 Å². The number of nitrogens with two attached hydrogens (primary N) is 2. The number of benzene rings is 1. The van der Waals surface area contributed by atoms with Crippen LogP contribution < -0.4 is 37.6 Å². The number of fused-ring (bicyclic) bond motifs is 2. The highest BCUT2D eigenvalue weighted by Gasteiger charge is 2.37. The van der Waals surface area contributed by atoms with Gasteiger partial charge in [-0.25, -0.2) is 0 Å². The van der Waals surface area contributed by atoms with Crippen molar-refractivity contribution in [3.63, 3.8) is 0 Å². The third kappa shape index (κ3) is 62.9. The summed E-state index contributed by atoms with van der Waals surface area (Å²) in [5.74, 6) is 1.55. The highest BCUT2D eigenvalue weighted by molar-refractivity contribution is 5.84. The van der Waals surface area contributed by atoms with Gasteiger partial charge >= 0.3 is 5.97 Å². The van der Waals surface area contributed by atoms with Crippen LogP contribution in [0.4, 0.5) is 5.69 Å².